The summed E-state index contributed by atoms with van der Waals surface area (Å²) in [7, 11) is 1.96. The summed E-state index contributed by atoms with van der Waals surface area (Å²) in [5.41, 5.74) is 3.03. The van der Waals surface area contributed by atoms with E-state index in [2.05, 4.69) is 10.3 Å². The molecule has 0 aliphatic rings. The Balaban J connectivity index is 1.48. The van der Waals surface area contributed by atoms with E-state index in [4.69, 9.17) is 11.6 Å². The van der Waals surface area contributed by atoms with Gasteiger partial charge in [0.2, 0.25) is 0 Å². The molecule has 1 N–H and O–H groups in total. The van der Waals surface area contributed by atoms with Gasteiger partial charge in [-0.05, 0) is 42.0 Å². The lowest BCUT2D eigenvalue weighted by molar-refractivity contribution is 0.0953. The zero-order valence-electron chi connectivity index (χ0n) is 14.1. The average molecular weight is 382 g/mol. The number of rotatable bonds is 4. The average Bonchev–Trinajstić information content (AvgIpc) is 3.26. The molecule has 0 bridgehead atoms. The van der Waals surface area contributed by atoms with Crippen LogP contribution >= 0.6 is 22.9 Å². The lowest BCUT2D eigenvalue weighted by Gasteiger charge is -2.04. The Morgan fingerprint density at radius 2 is 1.88 bits per heavy atom. The van der Waals surface area contributed by atoms with Crippen LogP contribution in [0.15, 0.2) is 60.7 Å². The molecule has 6 heteroatoms. The summed E-state index contributed by atoms with van der Waals surface area (Å²) in [6.07, 6.45) is 0. The van der Waals surface area contributed by atoms with Gasteiger partial charge in [0.15, 0.2) is 0 Å². The van der Waals surface area contributed by atoms with Gasteiger partial charge < -0.3 is 9.88 Å². The minimum atomic E-state index is -0.0951. The third-order valence-electron chi connectivity index (χ3n) is 4.25. The number of para-hydroxylation sites is 2. The Hall–Kier alpha value is -2.63. The van der Waals surface area contributed by atoms with Crippen LogP contribution in [0.25, 0.3) is 21.5 Å². The fourth-order valence-electron chi connectivity index (χ4n) is 2.83. The first-order chi connectivity index (χ1) is 12.6. The maximum atomic E-state index is 12.5. The zero-order chi connectivity index (χ0) is 18.1. The summed E-state index contributed by atoms with van der Waals surface area (Å²) in [5.74, 6) is 0.733. The van der Waals surface area contributed by atoms with Crippen LogP contribution < -0.4 is 5.32 Å². The highest BCUT2D eigenvalue weighted by atomic mass is 35.5. The molecule has 2 heterocycles. The molecule has 0 radical (unpaired) electrons. The lowest BCUT2D eigenvalue weighted by Crippen LogP contribution is -2.23. The largest absolute Gasteiger partial charge is 0.344 e. The molecule has 2 aromatic heterocycles. The first-order valence-electron chi connectivity index (χ1n) is 8.16. The third kappa shape index (κ3) is 3.23. The normalized spacial score (nSPS) is 11.0. The second-order valence-electron chi connectivity index (χ2n) is 5.93. The smallest absolute Gasteiger partial charge is 0.261 e. The van der Waals surface area contributed by atoms with Crippen molar-refractivity contribution in [3.63, 3.8) is 0 Å². The molecule has 0 fully saturated rings. The van der Waals surface area contributed by atoms with Crippen molar-refractivity contribution in [3.05, 3.63) is 76.4 Å². The molecular formula is C20H16ClN3OS. The number of imidazole rings is 1. The maximum absolute atomic E-state index is 12.5. The quantitative estimate of drug-likeness (QED) is 0.547. The highest BCUT2D eigenvalue weighted by molar-refractivity contribution is 7.17. The fraction of sp³-hybridized carbons (Fsp3) is 0.100. The second kappa shape index (κ2) is 6.94. The molecule has 1 amide bonds. The highest BCUT2D eigenvalue weighted by Crippen LogP contribution is 2.29. The van der Waals surface area contributed by atoms with Crippen LogP contribution in [0.1, 0.15) is 15.5 Å². The van der Waals surface area contributed by atoms with Crippen LogP contribution in [-0.2, 0) is 13.6 Å². The number of hydrogen-bond donors (Lipinski definition) is 1. The number of benzene rings is 2. The van der Waals surface area contributed by atoms with Gasteiger partial charge >= 0.3 is 0 Å². The van der Waals surface area contributed by atoms with E-state index in [0.717, 1.165) is 27.3 Å². The number of aryl methyl sites for hydroxylation is 1. The van der Waals surface area contributed by atoms with E-state index in [1.807, 2.05) is 72.3 Å². The van der Waals surface area contributed by atoms with Gasteiger partial charge in [-0.3, -0.25) is 4.79 Å². The van der Waals surface area contributed by atoms with Gasteiger partial charge in [0.1, 0.15) is 5.82 Å². The minimum absolute atomic E-state index is 0.0951. The number of aromatic nitrogens is 2. The van der Waals surface area contributed by atoms with Crippen molar-refractivity contribution in [2.24, 2.45) is 7.05 Å². The Labute approximate surface area is 160 Å². The van der Waals surface area contributed by atoms with Crippen LogP contribution in [0.5, 0.6) is 0 Å². The van der Waals surface area contributed by atoms with E-state index in [-0.39, 0.29) is 5.91 Å². The molecular weight excluding hydrogens is 366 g/mol. The minimum Gasteiger partial charge on any atom is -0.344 e. The molecule has 0 spiro atoms. The second-order valence-corrected chi connectivity index (χ2v) is 7.45. The first kappa shape index (κ1) is 16.8. The Morgan fingerprint density at radius 3 is 2.65 bits per heavy atom. The van der Waals surface area contributed by atoms with Gasteiger partial charge in [0.05, 0.1) is 22.5 Å². The van der Waals surface area contributed by atoms with Crippen molar-refractivity contribution in [2.75, 3.05) is 0 Å². The molecule has 0 aliphatic carbocycles. The van der Waals surface area contributed by atoms with Crippen molar-refractivity contribution >= 4 is 39.9 Å². The molecule has 0 atom stereocenters. The number of halogens is 1. The predicted molar refractivity (Wildman–Crippen MR) is 107 cm³/mol. The van der Waals surface area contributed by atoms with E-state index in [1.54, 1.807) is 0 Å². The van der Waals surface area contributed by atoms with Gasteiger partial charge in [-0.2, -0.15) is 0 Å². The Bertz CT molecular complexity index is 1080. The van der Waals surface area contributed by atoms with Gasteiger partial charge in [-0.15, -0.1) is 11.3 Å². The molecule has 2 aromatic carbocycles. The molecule has 0 saturated carbocycles. The molecule has 4 nitrogen and oxygen atoms in total. The SMILES string of the molecule is Cn1c(CNC(=O)c2ccc(-c3ccc(Cl)cc3)s2)nc2ccccc21. The van der Waals surface area contributed by atoms with Crippen LogP contribution in [-0.4, -0.2) is 15.5 Å². The van der Waals surface area contributed by atoms with E-state index < -0.39 is 0 Å². The molecule has 4 aromatic rings. The maximum Gasteiger partial charge on any atom is 0.261 e. The number of nitrogens with one attached hydrogen (secondary N) is 1. The Morgan fingerprint density at radius 1 is 1.12 bits per heavy atom. The van der Waals surface area contributed by atoms with E-state index in [9.17, 15) is 4.79 Å². The lowest BCUT2D eigenvalue weighted by atomic mass is 10.2. The summed E-state index contributed by atoms with van der Waals surface area (Å²) in [5, 5.41) is 3.66. The van der Waals surface area contributed by atoms with Gasteiger partial charge in [-0.1, -0.05) is 35.9 Å². The molecule has 130 valence electrons. The molecule has 4 rings (SSSR count). The molecule has 0 saturated heterocycles. The van der Waals surface area contributed by atoms with Crippen molar-refractivity contribution in [2.45, 2.75) is 6.54 Å². The van der Waals surface area contributed by atoms with Crippen molar-refractivity contribution in [1.82, 2.24) is 14.9 Å². The summed E-state index contributed by atoms with van der Waals surface area (Å²) in [4.78, 5) is 18.8. The van der Waals surface area contributed by atoms with Crippen molar-refractivity contribution in [3.8, 4) is 10.4 Å². The number of thiophene rings is 1. The number of hydrogen-bond acceptors (Lipinski definition) is 3. The van der Waals surface area contributed by atoms with Crippen LogP contribution in [0.4, 0.5) is 0 Å². The van der Waals surface area contributed by atoms with Crippen LogP contribution in [0.3, 0.4) is 0 Å². The van der Waals surface area contributed by atoms with Gasteiger partial charge in [-0.25, -0.2) is 4.98 Å². The zero-order valence-corrected chi connectivity index (χ0v) is 15.6. The van der Waals surface area contributed by atoms with E-state index in [0.29, 0.717) is 16.4 Å². The number of carbonyl (C=O) groups is 1. The molecule has 0 aliphatic heterocycles. The number of fused-ring (bicyclic) bond motifs is 1. The first-order valence-corrected chi connectivity index (χ1v) is 9.35. The van der Waals surface area contributed by atoms with E-state index in [1.165, 1.54) is 11.3 Å². The highest BCUT2D eigenvalue weighted by Gasteiger charge is 2.12. The van der Waals surface area contributed by atoms with Crippen molar-refractivity contribution < 1.29 is 4.79 Å². The number of carbonyl (C=O) groups excluding carboxylic acids is 1. The standard InChI is InChI=1S/C20H16ClN3OS/c1-24-16-5-3-2-4-15(16)23-19(24)12-22-20(25)18-11-10-17(26-18)13-6-8-14(21)9-7-13/h2-11H,12H2,1H3,(H,22,25). The number of amides is 1. The Kier molecular flexibility index (Phi) is 4.49. The summed E-state index contributed by atoms with van der Waals surface area (Å²) >= 11 is 7.39. The summed E-state index contributed by atoms with van der Waals surface area (Å²) in [6, 6.07) is 19.3. The summed E-state index contributed by atoms with van der Waals surface area (Å²) in [6.45, 7) is 0.387. The number of nitrogens with zero attached hydrogens (tertiary/aromatic N) is 2. The summed E-state index contributed by atoms with van der Waals surface area (Å²) < 4.78 is 2.00. The predicted octanol–water partition coefficient (Wildman–Crippen LogP) is 4.89. The van der Waals surface area contributed by atoms with Crippen LogP contribution in [0.2, 0.25) is 5.02 Å². The monoisotopic (exact) mass is 381 g/mol. The van der Waals surface area contributed by atoms with Gasteiger partial charge in [0, 0.05) is 16.9 Å². The molecule has 26 heavy (non-hydrogen) atoms. The molecule has 0 unspecified atom stereocenters. The van der Waals surface area contributed by atoms with Crippen LogP contribution in [0, 0.1) is 0 Å². The topological polar surface area (TPSA) is 46.9 Å². The van der Waals surface area contributed by atoms with Gasteiger partial charge in [0.25, 0.3) is 5.91 Å². The van der Waals surface area contributed by atoms with E-state index >= 15 is 0 Å². The van der Waals surface area contributed by atoms with Crippen molar-refractivity contribution in [1.29, 1.82) is 0 Å². The third-order valence-corrected chi connectivity index (χ3v) is 5.63. The fourth-order valence-corrected chi connectivity index (χ4v) is 3.88.